The summed E-state index contributed by atoms with van der Waals surface area (Å²) in [6.45, 7) is 5.16. The Morgan fingerprint density at radius 3 is 2.38 bits per heavy atom. The average Bonchev–Trinajstić information content (AvgIpc) is 2.26. The predicted molar refractivity (Wildman–Crippen MR) is 70.4 cm³/mol. The van der Waals surface area contributed by atoms with Crippen LogP contribution in [0.2, 0.25) is 0 Å². The highest BCUT2D eigenvalue weighted by molar-refractivity contribution is 5.28. The van der Waals surface area contributed by atoms with E-state index < -0.39 is 0 Å². The third-order valence-corrected chi connectivity index (χ3v) is 3.20. The van der Waals surface area contributed by atoms with Crippen LogP contribution in [0.1, 0.15) is 30.5 Å². The SMILES string of the molecule is Cc1ccccc1C(CC(C)CN)N(C)C. The van der Waals surface area contributed by atoms with Gasteiger partial charge in [0.2, 0.25) is 0 Å². The highest BCUT2D eigenvalue weighted by Crippen LogP contribution is 2.27. The predicted octanol–water partition coefficient (Wildman–Crippen LogP) is 2.58. The second kappa shape index (κ2) is 6.02. The summed E-state index contributed by atoms with van der Waals surface area (Å²) >= 11 is 0. The van der Waals surface area contributed by atoms with Crippen LogP contribution in [0.4, 0.5) is 0 Å². The van der Waals surface area contributed by atoms with Crippen molar-refractivity contribution < 1.29 is 0 Å². The van der Waals surface area contributed by atoms with Gasteiger partial charge >= 0.3 is 0 Å². The number of aryl methyl sites for hydroxylation is 1. The van der Waals surface area contributed by atoms with Crippen molar-refractivity contribution in [1.82, 2.24) is 4.90 Å². The van der Waals surface area contributed by atoms with Crippen LogP contribution in [0.3, 0.4) is 0 Å². The van der Waals surface area contributed by atoms with E-state index in [4.69, 9.17) is 5.73 Å². The van der Waals surface area contributed by atoms with E-state index in [2.05, 4.69) is 57.1 Å². The third kappa shape index (κ3) is 3.32. The quantitative estimate of drug-likeness (QED) is 0.826. The molecule has 0 amide bonds. The van der Waals surface area contributed by atoms with Crippen molar-refractivity contribution in [2.24, 2.45) is 11.7 Å². The minimum Gasteiger partial charge on any atom is -0.330 e. The molecule has 0 fully saturated rings. The van der Waals surface area contributed by atoms with Gasteiger partial charge in [0, 0.05) is 6.04 Å². The second-order valence-corrected chi connectivity index (χ2v) is 4.91. The minimum atomic E-state index is 0.472. The normalized spacial score (nSPS) is 15.1. The lowest BCUT2D eigenvalue weighted by molar-refractivity contribution is 0.254. The molecule has 0 aromatic heterocycles. The highest BCUT2D eigenvalue weighted by Gasteiger charge is 2.18. The maximum Gasteiger partial charge on any atom is 0.0347 e. The molecule has 0 heterocycles. The number of nitrogens with two attached hydrogens (primary N) is 1. The molecule has 2 N–H and O–H groups in total. The molecule has 1 aromatic rings. The molecule has 0 aliphatic rings. The van der Waals surface area contributed by atoms with Gasteiger partial charge in [-0.2, -0.15) is 0 Å². The van der Waals surface area contributed by atoms with Crippen molar-refractivity contribution in [1.29, 1.82) is 0 Å². The van der Waals surface area contributed by atoms with Crippen molar-refractivity contribution in [3.8, 4) is 0 Å². The van der Waals surface area contributed by atoms with Crippen LogP contribution in [0.25, 0.3) is 0 Å². The molecule has 0 saturated carbocycles. The van der Waals surface area contributed by atoms with E-state index in [-0.39, 0.29) is 0 Å². The summed E-state index contributed by atoms with van der Waals surface area (Å²) in [4.78, 5) is 2.29. The number of hydrogen-bond donors (Lipinski definition) is 1. The maximum atomic E-state index is 5.72. The van der Waals surface area contributed by atoms with Crippen LogP contribution in [0.5, 0.6) is 0 Å². The molecule has 0 spiro atoms. The van der Waals surface area contributed by atoms with Gasteiger partial charge in [0.05, 0.1) is 0 Å². The molecule has 0 saturated heterocycles. The van der Waals surface area contributed by atoms with E-state index in [0.717, 1.165) is 13.0 Å². The maximum absolute atomic E-state index is 5.72. The van der Waals surface area contributed by atoms with E-state index in [1.54, 1.807) is 0 Å². The van der Waals surface area contributed by atoms with Gasteiger partial charge in [0.15, 0.2) is 0 Å². The van der Waals surface area contributed by atoms with Crippen molar-refractivity contribution in [3.63, 3.8) is 0 Å². The Kier molecular flexibility index (Phi) is 4.97. The molecule has 0 radical (unpaired) electrons. The Bertz CT molecular complexity index is 320. The fraction of sp³-hybridized carbons (Fsp3) is 0.571. The van der Waals surface area contributed by atoms with E-state index in [1.165, 1.54) is 11.1 Å². The Morgan fingerprint density at radius 1 is 1.25 bits per heavy atom. The van der Waals surface area contributed by atoms with Gasteiger partial charge in [-0.15, -0.1) is 0 Å². The first-order valence-electron chi connectivity index (χ1n) is 5.98. The zero-order valence-corrected chi connectivity index (χ0v) is 10.9. The summed E-state index contributed by atoms with van der Waals surface area (Å²) in [6, 6.07) is 9.09. The first kappa shape index (κ1) is 13.2. The summed E-state index contributed by atoms with van der Waals surface area (Å²) in [5.74, 6) is 0.562. The van der Waals surface area contributed by atoms with Gasteiger partial charge in [0.25, 0.3) is 0 Å². The fourth-order valence-electron chi connectivity index (χ4n) is 2.05. The Labute approximate surface area is 99.5 Å². The second-order valence-electron chi connectivity index (χ2n) is 4.91. The van der Waals surface area contributed by atoms with Crippen LogP contribution in [-0.4, -0.2) is 25.5 Å². The fourth-order valence-corrected chi connectivity index (χ4v) is 2.05. The minimum absolute atomic E-state index is 0.472. The lowest BCUT2D eigenvalue weighted by Gasteiger charge is -2.28. The van der Waals surface area contributed by atoms with Gasteiger partial charge < -0.3 is 10.6 Å². The first-order valence-corrected chi connectivity index (χ1v) is 5.98. The molecule has 2 heteroatoms. The summed E-state index contributed by atoms with van der Waals surface area (Å²) in [5, 5.41) is 0. The molecule has 16 heavy (non-hydrogen) atoms. The molecule has 0 aliphatic heterocycles. The smallest absolute Gasteiger partial charge is 0.0347 e. The van der Waals surface area contributed by atoms with E-state index in [9.17, 15) is 0 Å². The van der Waals surface area contributed by atoms with Crippen LogP contribution in [-0.2, 0) is 0 Å². The summed E-state index contributed by atoms with van der Waals surface area (Å²) in [6.07, 6.45) is 1.12. The van der Waals surface area contributed by atoms with Crippen molar-refractivity contribution in [2.75, 3.05) is 20.6 Å². The number of hydrogen-bond acceptors (Lipinski definition) is 2. The summed E-state index contributed by atoms with van der Waals surface area (Å²) < 4.78 is 0. The Balaban J connectivity index is 2.90. The Morgan fingerprint density at radius 2 is 1.88 bits per heavy atom. The highest BCUT2D eigenvalue weighted by atomic mass is 15.1. The van der Waals surface area contributed by atoms with E-state index in [1.807, 2.05) is 0 Å². The molecule has 2 atom stereocenters. The summed E-state index contributed by atoms with van der Waals surface area (Å²) in [7, 11) is 4.28. The molecule has 90 valence electrons. The zero-order valence-electron chi connectivity index (χ0n) is 10.9. The van der Waals surface area contributed by atoms with Crippen LogP contribution in [0, 0.1) is 12.8 Å². The third-order valence-electron chi connectivity index (χ3n) is 3.20. The van der Waals surface area contributed by atoms with Crippen molar-refractivity contribution in [2.45, 2.75) is 26.3 Å². The molecule has 1 rings (SSSR count). The van der Waals surface area contributed by atoms with Crippen molar-refractivity contribution >= 4 is 0 Å². The lowest BCUT2D eigenvalue weighted by Crippen LogP contribution is -2.25. The molecule has 0 bridgehead atoms. The number of benzene rings is 1. The first-order chi connectivity index (χ1) is 7.56. The molecule has 0 aliphatic carbocycles. The van der Waals surface area contributed by atoms with Gasteiger partial charge in [0.1, 0.15) is 0 Å². The largest absolute Gasteiger partial charge is 0.330 e. The lowest BCUT2D eigenvalue weighted by atomic mass is 9.92. The monoisotopic (exact) mass is 220 g/mol. The van der Waals surface area contributed by atoms with Gasteiger partial charge in [-0.3, -0.25) is 0 Å². The van der Waals surface area contributed by atoms with Crippen LogP contribution >= 0.6 is 0 Å². The number of rotatable bonds is 5. The summed E-state index contributed by atoms with van der Waals surface area (Å²) in [5.41, 5.74) is 8.51. The van der Waals surface area contributed by atoms with Crippen molar-refractivity contribution in [3.05, 3.63) is 35.4 Å². The molecular weight excluding hydrogens is 196 g/mol. The van der Waals surface area contributed by atoms with Gasteiger partial charge in [-0.25, -0.2) is 0 Å². The molecular formula is C14H24N2. The van der Waals surface area contributed by atoms with Gasteiger partial charge in [-0.1, -0.05) is 31.2 Å². The number of nitrogens with zero attached hydrogens (tertiary/aromatic N) is 1. The molecule has 2 nitrogen and oxygen atoms in total. The van der Waals surface area contributed by atoms with Gasteiger partial charge in [-0.05, 0) is 51.0 Å². The average molecular weight is 220 g/mol. The van der Waals surface area contributed by atoms with Crippen LogP contribution in [0.15, 0.2) is 24.3 Å². The topological polar surface area (TPSA) is 29.3 Å². The van der Waals surface area contributed by atoms with E-state index >= 15 is 0 Å². The molecule has 1 aromatic carbocycles. The zero-order chi connectivity index (χ0) is 12.1. The van der Waals surface area contributed by atoms with Crippen LogP contribution < -0.4 is 5.73 Å². The Hall–Kier alpha value is -0.860. The standard InChI is InChI=1S/C14H24N2/c1-11(10-15)9-14(16(3)4)13-8-6-5-7-12(13)2/h5-8,11,14H,9-10,15H2,1-4H3. The molecule has 2 unspecified atom stereocenters. The van der Waals surface area contributed by atoms with E-state index in [0.29, 0.717) is 12.0 Å².